The number of carboxylic acid groups (broad SMARTS) is 3. The van der Waals surface area contributed by atoms with Gasteiger partial charge in [-0.25, -0.2) is 4.98 Å². The summed E-state index contributed by atoms with van der Waals surface area (Å²) >= 11 is 0. The van der Waals surface area contributed by atoms with Crippen molar-refractivity contribution in [3.63, 3.8) is 0 Å². The number of carboxylic acids is 3. The lowest BCUT2D eigenvalue weighted by molar-refractivity contribution is -0.142. The van der Waals surface area contributed by atoms with E-state index in [1.165, 1.54) is 24.5 Å². The number of aliphatic carboxylic acids is 3. The topological polar surface area (TPSA) is 640 Å². The summed E-state index contributed by atoms with van der Waals surface area (Å²) in [6, 6.07) is 17.2. The van der Waals surface area contributed by atoms with Crippen LogP contribution in [0.5, 0.6) is 0 Å². The van der Waals surface area contributed by atoms with Crippen molar-refractivity contribution in [2.75, 3.05) is 131 Å². The van der Waals surface area contributed by atoms with Crippen LogP contribution in [0.25, 0.3) is 21.8 Å². The predicted molar refractivity (Wildman–Crippen MR) is 469 cm³/mol. The Morgan fingerprint density at radius 3 is 1.37 bits per heavy atom. The fraction of sp³-hybridized carbons (Fsp3) is 0.447. The Hall–Kier alpha value is -13.8. The number of likely N-dealkylation sites (N-methyl/N-ethyl adjacent to an activating group) is 1. The summed E-state index contributed by atoms with van der Waals surface area (Å²) in [7, 11) is 1.53. The first-order chi connectivity index (χ1) is 61.5. The number of aliphatic hydroxyl groups is 1. The summed E-state index contributed by atoms with van der Waals surface area (Å²) in [6.07, 6.45) is 5.47. The van der Waals surface area contributed by atoms with Crippen molar-refractivity contribution >= 4 is 116 Å². The number of fused-ring (bicyclic) bond motifs is 2. The van der Waals surface area contributed by atoms with Crippen LogP contribution in [0.2, 0.25) is 0 Å². The molecular weight excluding hydrogens is 1660 g/mol. The smallest absolute Gasteiger partial charge is 0.317 e. The van der Waals surface area contributed by atoms with Gasteiger partial charge in [0.25, 0.3) is 0 Å². The molecule has 7 aromatic rings. The number of aromatic amines is 3. The van der Waals surface area contributed by atoms with E-state index >= 15 is 19.2 Å². The number of nitrogens with one attached hydrogen (secondary N) is 17. The quantitative estimate of drug-likeness (QED) is 0.00743. The minimum Gasteiger partial charge on any atom is -0.480 e. The molecule has 2 fully saturated rings. The zero-order chi connectivity index (χ0) is 92.2. The third-order valence-electron chi connectivity index (χ3n) is 21.7. The van der Waals surface area contributed by atoms with Gasteiger partial charge in [0.15, 0.2) is 17.7 Å². The van der Waals surface area contributed by atoms with E-state index in [0.717, 1.165) is 0 Å². The number of para-hydroxylation sites is 2. The van der Waals surface area contributed by atoms with Gasteiger partial charge in [-0.05, 0) is 74.4 Å². The molecule has 9 rings (SSSR count). The Morgan fingerprint density at radius 1 is 0.461 bits per heavy atom. The van der Waals surface area contributed by atoms with Crippen LogP contribution in [0.1, 0.15) is 76.8 Å². The van der Waals surface area contributed by atoms with Crippen molar-refractivity contribution in [1.82, 2.24) is 108 Å². The largest absolute Gasteiger partial charge is 0.480 e. The molecule has 10 amide bonds. The number of nitrogens with two attached hydrogens (primary N) is 2. The molecule has 2 aliphatic rings. The van der Waals surface area contributed by atoms with Gasteiger partial charge < -0.3 is 116 Å². The van der Waals surface area contributed by atoms with E-state index < -0.39 is 138 Å². The van der Waals surface area contributed by atoms with Crippen LogP contribution in [0.3, 0.4) is 0 Å². The molecule has 128 heavy (non-hydrogen) atoms. The fourth-order valence-corrected chi connectivity index (χ4v) is 15.2. The van der Waals surface area contributed by atoms with Gasteiger partial charge in [-0.1, -0.05) is 91.0 Å². The van der Waals surface area contributed by atoms with Gasteiger partial charge in [-0.15, -0.1) is 0 Å². The minimum atomic E-state index is -1.83. The highest BCUT2D eigenvalue weighted by atomic mass is 16.4. The number of carbonyl (C=O) groups excluding carboxylic acids is 11. The number of imidazole rings is 1. The maximum Gasteiger partial charge on any atom is 0.317 e. The summed E-state index contributed by atoms with van der Waals surface area (Å²) in [5.74, 6) is -12.5. The van der Waals surface area contributed by atoms with Crippen molar-refractivity contribution in [3.05, 3.63) is 162 Å². The molecule has 0 aliphatic carbocycles. The van der Waals surface area contributed by atoms with Gasteiger partial charge >= 0.3 is 17.9 Å². The number of nitrogens with zero attached hydrogens (tertiary/aromatic N) is 6. The third kappa shape index (κ3) is 31.1. The standard InChI is InChI=1S/C85H115N25O18/c1-90-45-70(112)99-62(18-9-25-94-84(86)87)76(121)101-65(40-56-43-97-61-17-8-6-15-59(56)61)79(124)105-68(50-111)81(126)103-66(41-57-44-91-51-98-57)80(125)100-63(19-10-26-95-85(88)89)77(122)102-64(39-55-42-96-60-16-7-5-14-58(55)60)78(123)104-67(38-52-21-23-54(24-22-52)75(120)53-12-3-2-4-13-53)83(128)110-29-11-20-69(110)82(127)93-28-27-92-71(113)46-106-30-32-107(47-72(114)115)34-36-109(49-74(118)119)37-35-108(33-31-106)48-73(116)117/h2-8,12-17,21-24,42-44,51,62-69,90,96-97,111H,9-11,18-20,25-41,45-50H2,1H3,(H,91,98)(H,92,113)(H,93,127)(H,99,112)(H,100,125)(H,101,121)(H,102,122)(H,103,126)(H,104,123)(H,105,124)(H,114,115)(H,116,117)(H,118,119)(H4,86,87,94)(H4,88,89,95)/t62-,63+,64-,65-,66-,67-,68-,69-/m0/s1. The molecule has 0 saturated carbocycles. The molecule has 2 aliphatic heterocycles. The Balaban J connectivity index is 0.946. The molecule has 0 bridgehead atoms. The molecule has 8 atom stereocenters. The second-order valence-corrected chi connectivity index (χ2v) is 31.3. The number of hydrogen-bond donors (Lipinski definition) is 23. The highest BCUT2D eigenvalue weighted by Crippen LogP contribution is 2.25. The Kier molecular flexibility index (Phi) is 38.2. The second kappa shape index (κ2) is 49.8. The van der Waals surface area contributed by atoms with Crippen molar-refractivity contribution in [2.45, 2.75) is 113 Å². The number of amides is 10. The van der Waals surface area contributed by atoms with Crippen LogP contribution >= 0.6 is 0 Å². The van der Waals surface area contributed by atoms with Crippen LogP contribution in [-0.4, -0.2) is 339 Å². The average molecular weight is 1780 g/mol. The van der Waals surface area contributed by atoms with E-state index in [9.17, 15) is 68.4 Å². The molecule has 2 saturated heterocycles. The third-order valence-corrected chi connectivity index (χ3v) is 21.7. The highest BCUT2D eigenvalue weighted by Gasteiger charge is 2.41. The molecule has 0 radical (unpaired) electrons. The lowest BCUT2D eigenvalue weighted by Crippen LogP contribution is -2.61. The fourth-order valence-electron chi connectivity index (χ4n) is 15.2. The second-order valence-electron chi connectivity index (χ2n) is 31.3. The van der Waals surface area contributed by atoms with Gasteiger partial charge in [0.2, 0.25) is 59.1 Å². The first-order valence-electron chi connectivity index (χ1n) is 42.2. The van der Waals surface area contributed by atoms with E-state index in [2.05, 4.69) is 83.7 Å². The van der Waals surface area contributed by atoms with E-state index in [-0.39, 0.29) is 193 Å². The number of carbonyl (C=O) groups is 14. The number of rotatable bonds is 47. The number of ketones is 1. The van der Waals surface area contributed by atoms with Crippen LogP contribution < -0.4 is 75.3 Å². The Morgan fingerprint density at radius 2 is 0.891 bits per heavy atom. The van der Waals surface area contributed by atoms with E-state index in [0.29, 0.717) is 56.0 Å². The lowest BCUT2D eigenvalue weighted by atomic mass is 9.98. The van der Waals surface area contributed by atoms with E-state index in [1.54, 1.807) is 135 Å². The summed E-state index contributed by atoms with van der Waals surface area (Å²) in [6.45, 7) is -1.19. The molecule has 0 unspecified atom stereocenters. The molecule has 4 aromatic carbocycles. The summed E-state index contributed by atoms with van der Waals surface area (Å²) in [5, 5.41) is 89.3. The molecule has 688 valence electrons. The zero-order valence-corrected chi connectivity index (χ0v) is 71.1. The Labute approximate surface area is 736 Å². The molecule has 43 heteroatoms. The number of guanidine groups is 2. The summed E-state index contributed by atoms with van der Waals surface area (Å²) in [5.41, 5.74) is 15.0. The van der Waals surface area contributed by atoms with Crippen molar-refractivity contribution in [2.24, 2.45) is 11.5 Å². The predicted octanol–water partition coefficient (Wildman–Crippen LogP) is -4.30. The SMILES string of the molecule is CNCC(=O)N[C@@H](CCCNC(=N)N)C(=O)N[C@@H](Cc1c[nH]c2ccccc12)C(=O)N[C@@H](CO)C(=O)N[C@@H](Cc1cnc[nH]1)C(=O)N[C@H](CCCNC(=N)N)C(=O)N[C@@H](Cc1c[nH]c2ccccc12)C(=O)N[C@@H](Cc1ccc(C(=O)c2ccccc2)cc1)C(=O)N1CCC[C@H]1C(=O)NCCNC(=O)CN1CCN(CC(=O)O)CCN(CC(=O)O)CCN(CC(=O)O)CC1. The molecular formula is C85H115N25O18. The van der Waals surface area contributed by atoms with Crippen LogP contribution in [-0.2, 0) is 88.0 Å². The first kappa shape index (κ1) is 98.0. The zero-order valence-electron chi connectivity index (χ0n) is 71.1. The average Bonchev–Trinajstić information content (AvgIpc) is 1.62. The Bertz CT molecular complexity index is 4940. The van der Waals surface area contributed by atoms with Crippen LogP contribution in [0.15, 0.2) is 128 Å². The molecule has 3 aromatic heterocycles. The van der Waals surface area contributed by atoms with Crippen LogP contribution in [0, 0.1) is 10.8 Å². The summed E-state index contributed by atoms with van der Waals surface area (Å²) < 4.78 is 0. The molecule has 25 N–H and O–H groups in total. The van der Waals surface area contributed by atoms with E-state index in [1.807, 2.05) is 0 Å². The molecule has 0 spiro atoms. The number of benzene rings is 4. The van der Waals surface area contributed by atoms with Crippen molar-refractivity contribution in [3.8, 4) is 0 Å². The van der Waals surface area contributed by atoms with Gasteiger partial charge in [0, 0.05) is 168 Å². The molecule has 5 heterocycles. The van der Waals surface area contributed by atoms with Gasteiger partial charge in [0.1, 0.15) is 48.3 Å². The van der Waals surface area contributed by atoms with Crippen LogP contribution in [0.4, 0.5) is 0 Å². The van der Waals surface area contributed by atoms with Gasteiger partial charge in [-0.2, -0.15) is 0 Å². The van der Waals surface area contributed by atoms with Gasteiger partial charge in [-0.3, -0.25) is 97.5 Å². The summed E-state index contributed by atoms with van der Waals surface area (Å²) in [4.78, 5) is 217. The number of aliphatic hydroxyl groups excluding tert-OH is 1. The normalized spacial score (nSPS) is 15.9. The number of hydrogen-bond acceptors (Lipinski definition) is 23. The van der Waals surface area contributed by atoms with Crippen molar-refractivity contribution in [1.29, 1.82) is 10.8 Å². The number of likely N-dealkylation sites (tertiary alicyclic amines) is 1. The highest BCUT2D eigenvalue weighted by molar-refractivity contribution is 6.09. The monoisotopic (exact) mass is 1770 g/mol. The number of H-pyrrole nitrogens is 3. The van der Waals surface area contributed by atoms with Gasteiger partial charge in [0.05, 0.1) is 45.7 Å². The number of aromatic nitrogens is 4. The minimum absolute atomic E-state index is 0.0114. The van der Waals surface area contributed by atoms with E-state index in [4.69, 9.17) is 22.3 Å². The van der Waals surface area contributed by atoms with Crippen molar-refractivity contribution < 1.29 is 87.5 Å². The maximum absolute atomic E-state index is 15.7. The lowest BCUT2D eigenvalue weighted by Gasteiger charge is -2.32. The first-order valence-corrected chi connectivity index (χ1v) is 42.2. The molecule has 43 nitrogen and oxygen atoms in total. The maximum atomic E-state index is 15.7.